The molecule has 1 aromatic heterocycles. The van der Waals surface area contributed by atoms with Crippen molar-refractivity contribution in [2.45, 2.75) is 34.2 Å². The van der Waals surface area contributed by atoms with Gasteiger partial charge in [0.15, 0.2) is 0 Å². The second kappa shape index (κ2) is 6.72. The first-order valence-corrected chi connectivity index (χ1v) is 7.48. The summed E-state index contributed by atoms with van der Waals surface area (Å²) in [4.78, 5) is 15.1. The van der Waals surface area contributed by atoms with Crippen LogP contribution in [0.1, 0.15) is 30.5 Å². The zero-order valence-electron chi connectivity index (χ0n) is 13.3. The molecule has 0 atom stereocenters. The van der Waals surface area contributed by atoms with Crippen LogP contribution in [-0.4, -0.2) is 11.5 Å². The smallest absolute Gasteiger partial charge is 0.252 e. The molecule has 0 radical (unpaired) electrons. The lowest BCUT2D eigenvalue weighted by Crippen LogP contribution is -2.24. The summed E-state index contributed by atoms with van der Waals surface area (Å²) in [5.74, 6) is 0.582. The Labute approximate surface area is 126 Å². The van der Waals surface area contributed by atoms with Crippen LogP contribution in [0.2, 0.25) is 0 Å². The molecule has 2 rings (SSSR count). The zero-order chi connectivity index (χ0) is 15.4. The van der Waals surface area contributed by atoms with E-state index in [1.54, 1.807) is 0 Å². The van der Waals surface area contributed by atoms with Gasteiger partial charge in [0.1, 0.15) is 0 Å². The van der Waals surface area contributed by atoms with Gasteiger partial charge in [-0.25, -0.2) is 0 Å². The maximum Gasteiger partial charge on any atom is 0.252 e. The second-order valence-electron chi connectivity index (χ2n) is 6.05. The highest BCUT2D eigenvalue weighted by Gasteiger charge is 2.04. The Kier molecular flexibility index (Phi) is 4.97. The Morgan fingerprint density at radius 3 is 2.48 bits per heavy atom. The van der Waals surface area contributed by atoms with Gasteiger partial charge >= 0.3 is 0 Å². The van der Waals surface area contributed by atoms with Gasteiger partial charge in [-0.05, 0) is 55.1 Å². The molecule has 21 heavy (non-hydrogen) atoms. The summed E-state index contributed by atoms with van der Waals surface area (Å²) in [6.45, 7) is 10.0. The molecule has 0 aliphatic heterocycles. The molecule has 0 spiro atoms. The average Bonchev–Trinajstić information content (AvgIpc) is 2.43. The van der Waals surface area contributed by atoms with Gasteiger partial charge in [-0.1, -0.05) is 32.0 Å². The molecular weight excluding hydrogens is 260 g/mol. The first-order valence-electron chi connectivity index (χ1n) is 7.48. The highest BCUT2D eigenvalue weighted by atomic mass is 16.1. The Hall–Kier alpha value is -1.87. The van der Waals surface area contributed by atoms with Crippen LogP contribution < -0.4 is 10.9 Å². The first kappa shape index (κ1) is 15.5. The lowest BCUT2D eigenvalue weighted by atomic mass is 10.0. The molecule has 0 saturated heterocycles. The van der Waals surface area contributed by atoms with E-state index < -0.39 is 0 Å². The van der Waals surface area contributed by atoms with Gasteiger partial charge in [0.25, 0.3) is 5.56 Å². The third-order valence-corrected chi connectivity index (χ3v) is 3.68. The number of pyridine rings is 1. The molecular formula is C18H24N2O. The predicted molar refractivity (Wildman–Crippen MR) is 88.5 cm³/mol. The molecule has 0 aliphatic rings. The number of aromatic nitrogens is 1. The van der Waals surface area contributed by atoms with E-state index >= 15 is 0 Å². The van der Waals surface area contributed by atoms with Crippen LogP contribution in [-0.2, 0) is 6.54 Å². The summed E-state index contributed by atoms with van der Waals surface area (Å²) in [5, 5.41) is 3.30. The molecule has 3 heteroatoms. The fraction of sp³-hybridized carbons (Fsp3) is 0.389. The van der Waals surface area contributed by atoms with Crippen molar-refractivity contribution in [2.75, 3.05) is 6.54 Å². The van der Waals surface area contributed by atoms with Crippen LogP contribution in [0.25, 0.3) is 11.3 Å². The third kappa shape index (κ3) is 4.05. The molecule has 112 valence electrons. The summed E-state index contributed by atoms with van der Waals surface area (Å²) in [6, 6.07) is 10.1. The molecule has 1 aromatic carbocycles. The van der Waals surface area contributed by atoms with Crippen molar-refractivity contribution in [3.05, 3.63) is 57.4 Å². The van der Waals surface area contributed by atoms with E-state index in [0.29, 0.717) is 12.5 Å². The zero-order valence-corrected chi connectivity index (χ0v) is 13.3. The van der Waals surface area contributed by atoms with E-state index in [9.17, 15) is 4.79 Å². The molecule has 3 nitrogen and oxygen atoms in total. The SMILES string of the molecule is Cc1ccc(-c2ccc(CNCC(C)C)c(=O)[nH]2)cc1C. The number of rotatable bonds is 5. The second-order valence-corrected chi connectivity index (χ2v) is 6.05. The van der Waals surface area contributed by atoms with Crippen LogP contribution in [0, 0.1) is 19.8 Å². The van der Waals surface area contributed by atoms with Gasteiger partial charge in [0.2, 0.25) is 0 Å². The average molecular weight is 284 g/mol. The van der Waals surface area contributed by atoms with Gasteiger partial charge < -0.3 is 10.3 Å². The summed E-state index contributed by atoms with van der Waals surface area (Å²) in [7, 11) is 0. The minimum atomic E-state index is -0.0121. The van der Waals surface area contributed by atoms with E-state index in [1.165, 1.54) is 11.1 Å². The maximum absolute atomic E-state index is 12.1. The third-order valence-electron chi connectivity index (χ3n) is 3.68. The van der Waals surface area contributed by atoms with Gasteiger partial charge in [-0.2, -0.15) is 0 Å². The van der Waals surface area contributed by atoms with Crippen LogP contribution in [0.4, 0.5) is 0 Å². The normalized spacial score (nSPS) is 11.1. The molecule has 0 fully saturated rings. The van der Waals surface area contributed by atoms with E-state index in [0.717, 1.165) is 23.4 Å². The molecule has 1 heterocycles. The van der Waals surface area contributed by atoms with Crippen LogP contribution >= 0.6 is 0 Å². The Morgan fingerprint density at radius 1 is 1.10 bits per heavy atom. The lowest BCUT2D eigenvalue weighted by molar-refractivity contribution is 0.551. The number of hydrogen-bond acceptors (Lipinski definition) is 2. The summed E-state index contributed by atoms with van der Waals surface area (Å²) in [5.41, 5.74) is 5.18. The standard InChI is InChI=1S/C18H24N2O/c1-12(2)10-19-11-16-7-8-17(20-18(16)21)15-6-5-13(3)14(4)9-15/h5-9,12,19H,10-11H2,1-4H3,(H,20,21). The maximum atomic E-state index is 12.1. The fourth-order valence-electron chi connectivity index (χ4n) is 2.22. The van der Waals surface area contributed by atoms with Crippen molar-refractivity contribution in [1.82, 2.24) is 10.3 Å². The number of aryl methyl sites for hydroxylation is 2. The van der Waals surface area contributed by atoms with Gasteiger partial charge in [0, 0.05) is 17.8 Å². The predicted octanol–water partition coefficient (Wildman–Crippen LogP) is 3.40. The first-order chi connectivity index (χ1) is 9.97. The number of benzene rings is 1. The van der Waals surface area contributed by atoms with E-state index in [1.807, 2.05) is 18.2 Å². The van der Waals surface area contributed by atoms with Gasteiger partial charge in [-0.3, -0.25) is 4.79 Å². The number of nitrogens with one attached hydrogen (secondary N) is 2. The van der Waals surface area contributed by atoms with Crippen LogP contribution in [0.15, 0.2) is 35.1 Å². The summed E-state index contributed by atoms with van der Waals surface area (Å²) in [6.07, 6.45) is 0. The van der Waals surface area contributed by atoms with Crippen LogP contribution in [0.5, 0.6) is 0 Å². The highest BCUT2D eigenvalue weighted by molar-refractivity contribution is 5.60. The Balaban J connectivity index is 2.18. The van der Waals surface area contributed by atoms with E-state index in [4.69, 9.17) is 0 Å². The molecule has 0 aliphatic carbocycles. The molecule has 0 bridgehead atoms. The van der Waals surface area contributed by atoms with Crippen molar-refractivity contribution in [2.24, 2.45) is 5.92 Å². The van der Waals surface area contributed by atoms with Crippen molar-refractivity contribution in [3.8, 4) is 11.3 Å². The summed E-state index contributed by atoms with van der Waals surface area (Å²) >= 11 is 0. The Morgan fingerprint density at radius 2 is 1.86 bits per heavy atom. The van der Waals surface area contributed by atoms with E-state index in [2.05, 4.69) is 50.1 Å². The Bertz CT molecular complexity index is 671. The molecule has 2 N–H and O–H groups in total. The fourth-order valence-corrected chi connectivity index (χ4v) is 2.22. The topological polar surface area (TPSA) is 44.9 Å². The van der Waals surface area contributed by atoms with Gasteiger partial charge in [-0.15, -0.1) is 0 Å². The van der Waals surface area contributed by atoms with E-state index in [-0.39, 0.29) is 5.56 Å². The lowest BCUT2D eigenvalue weighted by Gasteiger charge is -2.09. The van der Waals surface area contributed by atoms with Crippen molar-refractivity contribution >= 4 is 0 Å². The van der Waals surface area contributed by atoms with Crippen molar-refractivity contribution in [1.29, 1.82) is 0 Å². The number of aromatic amines is 1. The molecule has 0 saturated carbocycles. The largest absolute Gasteiger partial charge is 0.322 e. The van der Waals surface area contributed by atoms with Crippen LogP contribution in [0.3, 0.4) is 0 Å². The van der Waals surface area contributed by atoms with Crippen molar-refractivity contribution in [3.63, 3.8) is 0 Å². The molecule has 2 aromatic rings. The van der Waals surface area contributed by atoms with Gasteiger partial charge in [0.05, 0.1) is 0 Å². The monoisotopic (exact) mass is 284 g/mol. The minimum Gasteiger partial charge on any atom is -0.322 e. The quantitative estimate of drug-likeness (QED) is 0.884. The number of H-pyrrole nitrogens is 1. The van der Waals surface area contributed by atoms with Crippen molar-refractivity contribution < 1.29 is 0 Å². The highest BCUT2D eigenvalue weighted by Crippen LogP contribution is 2.19. The number of hydrogen-bond donors (Lipinski definition) is 2. The summed E-state index contributed by atoms with van der Waals surface area (Å²) < 4.78 is 0. The molecule has 0 unspecified atom stereocenters. The minimum absolute atomic E-state index is 0.0121. The molecule has 0 amide bonds.